The number of hydrogen-bond acceptors (Lipinski definition) is 1. The van der Waals surface area contributed by atoms with Crippen LogP contribution in [0.4, 0.5) is 0 Å². The van der Waals surface area contributed by atoms with Gasteiger partial charge in [-0.1, -0.05) is 18.2 Å². The van der Waals surface area contributed by atoms with Crippen LogP contribution in [0.2, 0.25) is 0 Å². The zero-order chi connectivity index (χ0) is 14.5. The average molecular weight is 284 g/mol. The minimum Gasteiger partial charge on any atom is -0.314 e. The maximum Gasteiger partial charge on any atom is 0.137 e. The van der Waals surface area contributed by atoms with Crippen LogP contribution in [0.25, 0.3) is 0 Å². The Hall–Kier alpha value is -1.15. The standard InChI is InChI=1S/C19H26NO/c1-2-3-12-20-13-4-6-15-7-8-16-17(21)9-10-18(20)19(15,16)11-5-14-20/h2-4,6-7,16,18H,5,8-14H2,1H3/q+1/t16?,18-,19?,20-/m0/s1. The van der Waals surface area contributed by atoms with Crippen molar-refractivity contribution in [1.29, 1.82) is 0 Å². The van der Waals surface area contributed by atoms with Crippen LogP contribution in [0.15, 0.2) is 36.0 Å². The number of ketones is 1. The lowest BCUT2D eigenvalue weighted by atomic mass is 9.57. The molecular formula is C19H26NO+. The van der Waals surface area contributed by atoms with Crippen molar-refractivity contribution in [1.82, 2.24) is 0 Å². The van der Waals surface area contributed by atoms with Gasteiger partial charge in [0.2, 0.25) is 0 Å². The van der Waals surface area contributed by atoms with Crippen LogP contribution in [0.1, 0.15) is 39.0 Å². The van der Waals surface area contributed by atoms with E-state index in [9.17, 15) is 4.79 Å². The summed E-state index contributed by atoms with van der Waals surface area (Å²) < 4.78 is 1.20. The Balaban J connectivity index is 1.85. The second-order valence-corrected chi connectivity index (χ2v) is 7.39. The van der Waals surface area contributed by atoms with Crippen molar-refractivity contribution >= 4 is 5.78 Å². The van der Waals surface area contributed by atoms with E-state index in [1.807, 2.05) is 0 Å². The monoisotopic (exact) mass is 284 g/mol. The Labute approximate surface area is 127 Å². The average Bonchev–Trinajstić information content (AvgIpc) is 2.81. The van der Waals surface area contributed by atoms with Gasteiger partial charge in [-0.15, -0.1) is 0 Å². The lowest BCUT2D eigenvalue weighted by molar-refractivity contribution is -0.953. The molecule has 1 spiro atoms. The van der Waals surface area contributed by atoms with Crippen molar-refractivity contribution in [2.24, 2.45) is 11.3 Å². The number of carbonyl (C=O) groups excluding carboxylic acids is 1. The Bertz CT molecular complexity index is 558. The molecule has 0 radical (unpaired) electrons. The van der Waals surface area contributed by atoms with Crippen LogP contribution in [-0.2, 0) is 4.79 Å². The highest BCUT2D eigenvalue weighted by atomic mass is 16.1. The predicted molar refractivity (Wildman–Crippen MR) is 84.7 cm³/mol. The van der Waals surface area contributed by atoms with E-state index in [4.69, 9.17) is 0 Å². The molecule has 2 unspecified atom stereocenters. The zero-order valence-corrected chi connectivity index (χ0v) is 13.1. The molecule has 2 heterocycles. The third kappa shape index (κ3) is 1.66. The first-order chi connectivity index (χ1) is 10.2. The molecule has 2 bridgehead atoms. The van der Waals surface area contributed by atoms with E-state index in [0.29, 0.717) is 11.8 Å². The lowest BCUT2D eigenvalue weighted by Gasteiger charge is -2.58. The van der Waals surface area contributed by atoms with Gasteiger partial charge in [0.1, 0.15) is 11.8 Å². The highest BCUT2D eigenvalue weighted by molar-refractivity contribution is 5.85. The summed E-state index contributed by atoms with van der Waals surface area (Å²) in [5, 5.41) is 0. The van der Waals surface area contributed by atoms with E-state index < -0.39 is 0 Å². The number of Topliss-reactive ketones (excluding diaryl/α,β-unsaturated/α-hetero) is 1. The van der Waals surface area contributed by atoms with Gasteiger partial charge in [-0.25, -0.2) is 0 Å². The maximum absolute atomic E-state index is 12.6. The third-order valence-corrected chi connectivity index (χ3v) is 6.71. The normalized spacial score (nSPS) is 44.6. The SMILES string of the molecule is CC=CC[N@@+]12CC=CC3=CCC4C(=O)CC[C@H]1C34CCC2. The summed E-state index contributed by atoms with van der Waals surface area (Å²) in [6.45, 7) is 5.70. The van der Waals surface area contributed by atoms with Gasteiger partial charge in [0.25, 0.3) is 0 Å². The molecule has 0 N–H and O–H groups in total. The van der Waals surface area contributed by atoms with Gasteiger partial charge in [-0.3, -0.25) is 4.79 Å². The summed E-state index contributed by atoms with van der Waals surface area (Å²) in [4.78, 5) is 12.6. The Morgan fingerprint density at radius 3 is 3.24 bits per heavy atom. The first kappa shape index (κ1) is 13.5. The summed E-state index contributed by atoms with van der Waals surface area (Å²) in [6, 6.07) is 0.661. The summed E-state index contributed by atoms with van der Waals surface area (Å²) >= 11 is 0. The van der Waals surface area contributed by atoms with Gasteiger partial charge in [-0.2, -0.15) is 0 Å². The van der Waals surface area contributed by atoms with Gasteiger partial charge in [0.15, 0.2) is 0 Å². The first-order valence-corrected chi connectivity index (χ1v) is 8.60. The Kier molecular flexibility index (Phi) is 3.01. The number of allylic oxidation sites excluding steroid dienone is 3. The molecule has 112 valence electrons. The second-order valence-electron chi connectivity index (χ2n) is 7.39. The van der Waals surface area contributed by atoms with Crippen LogP contribution < -0.4 is 0 Å². The van der Waals surface area contributed by atoms with E-state index in [1.54, 1.807) is 0 Å². The molecule has 0 aromatic heterocycles. The van der Waals surface area contributed by atoms with Crippen molar-refractivity contribution in [3.8, 4) is 0 Å². The van der Waals surface area contributed by atoms with E-state index in [0.717, 1.165) is 32.4 Å². The lowest BCUT2D eigenvalue weighted by Crippen LogP contribution is -2.68. The zero-order valence-electron chi connectivity index (χ0n) is 13.1. The molecule has 0 aromatic carbocycles. The first-order valence-electron chi connectivity index (χ1n) is 8.60. The van der Waals surface area contributed by atoms with Crippen molar-refractivity contribution < 1.29 is 9.28 Å². The maximum atomic E-state index is 12.6. The van der Waals surface area contributed by atoms with Crippen LogP contribution in [0, 0.1) is 11.3 Å². The summed E-state index contributed by atoms with van der Waals surface area (Å²) in [6.07, 6.45) is 17.1. The van der Waals surface area contributed by atoms with Crippen LogP contribution in [0.3, 0.4) is 0 Å². The molecule has 21 heavy (non-hydrogen) atoms. The molecule has 0 amide bonds. The van der Waals surface area contributed by atoms with Crippen molar-refractivity contribution in [3.63, 3.8) is 0 Å². The molecule has 1 saturated carbocycles. The van der Waals surface area contributed by atoms with Gasteiger partial charge >= 0.3 is 0 Å². The topological polar surface area (TPSA) is 17.1 Å². The van der Waals surface area contributed by atoms with Gasteiger partial charge in [-0.05, 0) is 43.9 Å². The number of rotatable bonds is 2. The van der Waals surface area contributed by atoms with Crippen molar-refractivity contribution in [2.45, 2.75) is 45.1 Å². The highest BCUT2D eigenvalue weighted by Crippen LogP contribution is 2.60. The van der Waals surface area contributed by atoms with E-state index >= 15 is 0 Å². The van der Waals surface area contributed by atoms with Crippen LogP contribution >= 0.6 is 0 Å². The quantitative estimate of drug-likeness (QED) is 0.561. The molecule has 2 nitrogen and oxygen atoms in total. The molecule has 2 aliphatic heterocycles. The number of nitrogens with zero attached hydrogens (tertiary/aromatic N) is 1. The smallest absolute Gasteiger partial charge is 0.137 e. The van der Waals surface area contributed by atoms with E-state index in [1.165, 1.54) is 29.4 Å². The molecule has 1 saturated heterocycles. The van der Waals surface area contributed by atoms with Crippen LogP contribution in [0.5, 0.6) is 0 Å². The fourth-order valence-corrected chi connectivity index (χ4v) is 5.93. The van der Waals surface area contributed by atoms with Crippen molar-refractivity contribution in [3.05, 3.63) is 36.0 Å². The van der Waals surface area contributed by atoms with E-state index in [-0.39, 0.29) is 11.3 Å². The van der Waals surface area contributed by atoms with Crippen LogP contribution in [-0.4, -0.2) is 35.9 Å². The molecule has 2 heteroatoms. The fourth-order valence-electron chi connectivity index (χ4n) is 5.93. The summed E-state index contributed by atoms with van der Waals surface area (Å²) in [7, 11) is 0. The fraction of sp³-hybridized carbons (Fsp3) is 0.632. The summed E-state index contributed by atoms with van der Waals surface area (Å²) in [5.74, 6) is 0.830. The second kappa shape index (κ2) is 4.67. The largest absolute Gasteiger partial charge is 0.314 e. The third-order valence-electron chi connectivity index (χ3n) is 6.71. The Morgan fingerprint density at radius 1 is 1.48 bits per heavy atom. The molecule has 4 atom stereocenters. The predicted octanol–water partition coefficient (Wildman–Crippen LogP) is 3.41. The number of piperidine rings is 1. The Morgan fingerprint density at radius 2 is 2.38 bits per heavy atom. The molecule has 2 aliphatic carbocycles. The number of carbonyl (C=O) groups is 1. The number of hydrogen-bond donors (Lipinski definition) is 0. The molecule has 4 aliphatic rings. The minimum atomic E-state index is 0.183. The van der Waals surface area contributed by atoms with Gasteiger partial charge in [0.05, 0.1) is 25.0 Å². The minimum absolute atomic E-state index is 0.183. The molecular weight excluding hydrogens is 258 g/mol. The van der Waals surface area contributed by atoms with E-state index in [2.05, 4.69) is 37.3 Å². The number of quaternary nitrogens is 1. The van der Waals surface area contributed by atoms with Crippen molar-refractivity contribution in [2.75, 3.05) is 19.6 Å². The molecule has 2 fully saturated rings. The molecule has 4 rings (SSSR count). The van der Waals surface area contributed by atoms with Gasteiger partial charge < -0.3 is 4.48 Å². The molecule has 0 aromatic rings. The highest BCUT2D eigenvalue weighted by Gasteiger charge is 2.63. The van der Waals surface area contributed by atoms with Gasteiger partial charge in [0, 0.05) is 18.8 Å². The summed E-state index contributed by atoms with van der Waals surface area (Å²) in [5.41, 5.74) is 1.69.